The molecule has 3 atom stereocenters. The van der Waals surface area contributed by atoms with Crippen LogP contribution in [0.3, 0.4) is 0 Å². The van der Waals surface area contributed by atoms with E-state index in [4.69, 9.17) is 4.74 Å². The highest BCUT2D eigenvalue weighted by Gasteiger charge is 2.39. The van der Waals surface area contributed by atoms with E-state index in [0.29, 0.717) is 30.0 Å². The number of ether oxygens (including phenoxy) is 1. The smallest absolute Gasteiger partial charge is 0.408 e. The molecule has 0 aliphatic rings. The fourth-order valence-electron chi connectivity index (χ4n) is 4.59. The third-order valence-corrected chi connectivity index (χ3v) is 6.82. The second-order valence-corrected chi connectivity index (χ2v) is 12.3. The van der Waals surface area contributed by atoms with Crippen molar-refractivity contribution in [2.45, 2.75) is 104 Å². The Balaban J connectivity index is 2.61. The van der Waals surface area contributed by atoms with Gasteiger partial charge in [-0.05, 0) is 88.3 Å². The number of carbonyl (C=O) groups excluding carboxylic acids is 3. The van der Waals surface area contributed by atoms with Gasteiger partial charge in [0.1, 0.15) is 29.2 Å². The third-order valence-electron chi connectivity index (χ3n) is 6.82. The van der Waals surface area contributed by atoms with Crippen LogP contribution in [-0.2, 0) is 20.7 Å². The number of unbranched alkanes of at least 4 members (excludes halogenated alkanes) is 1. The number of aromatic hydroxyl groups is 2. The molecule has 0 saturated carbocycles. The van der Waals surface area contributed by atoms with Gasteiger partial charge >= 0.3 is 6.09 Å². The number of nitrogens with one attached hydrogen (secondary N) is 2. The molecule has 232 valence electrons. The molecule has 4 N–H and O–H groups in total. The normalized spacial score (nSPS) is 13.6. The Hall–Kier alpha value is -3.75. The summed E-state index contributed by atoms with van der Waals surface area (Å²) >= 11 is 0. The van der Waals surface area contributed by atoms with Gasteiger partial charge in [0, 0.05) is 19.0 Å². The first kappa shape index (κ1) is 34.5. The van der Waals surface area contributed by atoms with E-state index in [1.807, 2.05) is 13.8 Å². The van der Waals surface area contributed by atoms with Gasteiger partial charge in [0.15, 0.2) is 0 Å². The van der Waals surface area contributed by atoms with Crippen LogP contribution in [0.5, 0.6) is 11.5 Å². The number of hydrogen-bond donors (Lipinski definition) is 4. The fourth-order valence-corrected chi connectivity index (χ4v) is 4.59. The molecule has 42 heavy (non-hydrogen) atoms. The highest BCUT2D eigenvalue weighted by molar-refractivity contribution is 5.92. The number of phenols is 2. The molecule has 3 amide bonds. The maximum Gasteiger partial charge on any atom is 0.408 e. The van der Waals surface area contributed by atoms with Crippen LogP contribution in [0.25, 0.3) is 0 Å². The lowest BCUT2D eigenvalue weighted by molar-refractivity contribution is -0.145. The van der Waals surface area contributed by atoms with E-state index >= 15 is 0 Å². The topological polar surface area (TPSA) is 128 Å². The zero-order valence-corrected chi connectivity index (χ0v) is 26.1. The van der Waals surface area contributed by atoms with E-state index in [2.05, 4.69) is 24.5 Å². The van der Waals surface area contributed by atoms with Crippen LogP contribution in [0.15, 0.2) is 48.5 Å². The maximum atomic E-state index is 14.6. The summed E-state index contributed by atoms with van der Waals surface area (Å²) in [6.07, 6.45) is 2.51. The molecule has 0 radical (unpaired) electrons. The standard InChI is InChI=1S/C33H49N3O6/c1-8-9-20-34-30(39)29(25-14-18-27(38)19-15-25)36(23(4)11-10-22(2)3)31(40)28(35-32(41)42-33(5,6)7)21-24-12-16-26(37)17-13-24/h12-19,22-23,28-29,37-38H,8-11,20-21H2,1-7H3,(H,34,39)(H,35,41). The lowest BCUT2D eigenvalue weighted by atomic mass is 9.96. The van der Waals surface area contributed by atoms with Gasteiger partial charge in [-0.2, -0.15) is 0 Å². The van der Waals surface area contributed by atoms with Crippen molar-refractivity contribution in [2.24, 2.45) is 5.92 Å². The minimum Gasteiger partial charge on any atom is -0.508 e. The molecule has 2 rings (SSSR count). The second kappa shape index (κ2) is 16.0. The van der Waals surface area contributed by atoms with Crippen molar-refractivity contribution in [1.82, 2.24) is 15.5 Å². The summed E-state index contributed by atoms with van der Waals surface area (Å²) in [4.78, 5) is 42.9. The molecule has 0 spiro atoms. The van der Waals surface area contributed by atoms with Crippen molar-refractivity contribution in [3.8, 4) is 11.5 Å². The maximum absolute atomic E-state index is 14.6. The molecule has 0 aromatic heterocycles. The van der Waals surface area contributed by atoms with Crippen LogP contribution in [0.2, 0.25) is 0 Å². The van der Waals surface area contributed by atoms with Gasteiger partial charge in [-0.1, -0.05) is 51.5 Å². The Kier molecular flexibility index (Phi) is 13.2. The molecule has 0 bridgehead atoms. The molecule has 9 heteroatoms. The lowest BCUT2D eigenvalue weighted by Crippen LogP contribution is -2.56. The first-order chi connectivity index (χ1) is 19.7. The second-order valence-electron chi connectivity index (χ2n) is 12.3. The number of phenolic OH excluding ortho intramolecular Hbond substituents is 2. The summed E-state index contributed by atoms with van der Waals surface area (Å²) in [6.45, 7) is 13.8. The van der Waals surface area contributed by atoms with E-state index in [1.54, 1.807) is 49.9 Å². The lowest BCUT2D eigenvalue weighted by Gasteiger charge is -2.39. The highest BCUT2D eigenvalue weighted by atomic mass is 16.6. The number of benzene rings is 2. The van der Waals surface area contributed by atoms with Gasteiger partial charge in [-0.3, -0.25) is 9.59 Å². The quantitative estimate of drug-likeness (QED) is 0.207. The van der Waals surface area contributed by atoms with E-state index in [0.717, 1.165) is 19.3 Å². The third kappa shape index (κ3) is 11.3. The van der Waals surface area contributed by atoms with Crippen LogP contribution >= 0.6 is 0 Å². The van der Waals surface area contributed by atoms with Gasteiger partial charge in [0.2, 0.25) is 11.8 Å². The molecular weight excluding hydrogens is 534 g/mol. The SMILES string of the molecule is CCCCNC(=O)C(c1ccc(O)cc1)N(C(=O)C(Cc1ccc(O)cc1)NC(=O)OC(C)(C)C)C(C)CCC(C)C. The number of carbonyl (C=O) groups is 3. The molecule has 0 aliphatic heterocycles. The number of rotatable bonds is 14. The van der Waals surface area contributed by atoms with Gasteiger partial charge in [-0.25, -0.2) is 4.79 Å². The Bertz CT molecular complexity index is 1140. The summed E-state index contributed by atoms with van der Waals surface area (Å²) < 4.78 is 5.50. The minimum atomic E-state index is -1.06. The first-order valence-electron chi connectivity index (χ1n) is 14.9. The van der Waals surface area contributed by atoms with Crippen molar-refractivity contribution in [3.63, 3.8) is 0 Å². The van der Waals surface area contributed by atoms with Gasteiger partial charge < -0.3 is 30.5 Å². The Morgan fingerprint density at radius 2 is 1.48 bits per heavy atom. The molecule has 0 aliphatic carbocycles. The van der Waals surface area contributed by atoms with Crippen LogP contribution in [0, 0.1) is 5.92 Å². The predicted molar refractivity (Wildman–Crippen MR) is 164 cm³/mol. The highest BCUT2D eigenvalue weighted by Crippen LogP contribution is 2.29. The largest absolute Gasteiger partial charge is 0.508 e. The zero-order valence-electron chi connectivity index (χ0n) is 26.1. The predicted octanol–water partition coefficient (Wildman–Crippen LogP) is 5.84. The molecule has 0 fully saturated rings. The molecule has 0 heterocycles. The van der Waals surface area contributed by atoms with Crippen molar-refractivity contribution >= 4 is 17.9 Å². The van der Waals surface area contributed by atoms with Crippen LogP contribution in [0.1, 0.15) is 91.3 Å². The summed E-state index contributed by atoms with van der Waals surface area (Å²) in [5.74, 6) is -0.260. The molecular formula is C33H49N3O6. The molecule has 3 unspecified atom stereocenters. The minimum absolute atomic E-state index is 0.0476. The van der Waals surface area contributed by atoms with Gasteiger partial charge in [0.05, 0.1) is 0 Å². The fraction of sp³-hybridized carbons (Fsp3) is 0.545. The number of alkyl carbamates (subject to hydrolysis) is 1. The van der Waals surface area contributed by atoms with E-state index in [1.165, 1.54) is 24.3 Å². The number of hydrogen-bond acceptors (Lipinski definition) is 6. The molecule has 9 nitrogen and oxygen atoms in total. The van der Waals surface area contributed by atoms with Crippen molar-refractivity contribution in [2.75, 3.05) is 6.54 Å². The zero-order chi connectivity index (χ0) is 31.4. The molecule has 2 aromatic rings. The van der Waals surface area contributed by atoms with Crippen molar-refractivity contribution in [3.05, 3.63) is 59.7 Å². The molecule has 2 aromatic carbocycles. The Morgan fingerprint density at radius 3 is 2.00 bits per heavy atom. The Labute approximate surface area is 250 Å². The summed E-state index contributed by atoms with van der Waals surface area (Å²) in [5, 5.41) is 25.5. The van der Waals surface area contributed by atoms with E-state index in [-0.39, 0.29) is 29.9 Å². The summed E-state index contributed by atoms with van der Waals surface area (Å²) in [5.41, 5.74) is 0.478. The van der Waals surface area contributed by atoms with Crippen LogP contribution < -0.4 is 10.6 Å². The van der Waals surface area contributed by atoms with Gasteiger partial charge in [0.25, 0.3) is 0 Å². The van der Waals surface area contributed by atoms with Gasteiger partial charge in [-0.15, -0.1) is 0 Å². The number of nitrogens with zero attached hydrogens (tertiary/aromatic N) is 1. The Morgan fingerprint density at radius 1 is 0.905 bits per heavy atom. The summed E-state index contributed by atoms with van der Waals surface area (Å²) in [6, 6.07) is 10.3. The average Bonchev–Trinajstić information content (AvgIpc) is 2.90. The monoisotopic (exact) mass is 583 g/mol. The van der Waals surface area contributed by atoms with Crippen molar-refractivity contribution in [1.29, 1.82) is 0 Å². The number of amides is 3. The van der Waals surface area contributed by atoms with Crippen LogP contribution in [0.4, 0.5) is 4.79 Å². The van der Waals surface area contributed by atoms with Crippen LogP contribution in [-0.4, -0.2) is 57.3 Å². The van der Waals surface area contributed by atoms with E-state index < -0.39 is 29.7 Å². The summed E-state index contributed by atoms with van der Waals surface area (Å²) in [7, 11) is 0. The average molecular weight is 584 g/mol. The first-order valence-corrected chi connectivity index (χ1v) is 14.9. The molecule has 0 saturated heterocycles. The van der Waals surface area contributed by atoms with E-state index in [9.17, 15) is 24.6 Å². The van der Waals surface area contributed by atoms with Crippen molar-refractivity contribution < 1.29 is 29.3 Å².